The predicted octanol–water partition coefficient (Wildman–Crippen LogP) is 3.86. The van der Waals surface area contributed by atoms with Gasteiger partial charge >= 0.3 is 5.97 Å². The molecule has 0 aliphatic carbocycles. The van der Waals surface area contributed by atoms with E-state index >= 15 is 0 Å². The van der Waals surface area contributed by atoms with Gasteiger partial charge in [0.1, 0.15) is 0 Å². The lowest BCUT2D eigenvalue weighted by molar-refractivity contribution is -0.122. The minimum absolute atomic E-state index is 0.0411. The summed E-state index contributed by atoms with van der Waals surface area (Å²) in [7, 11) is 1.35. The SMILES string of the molecule is C#CCN1C(=O)SC(=Cc2cc(C)n(-c3cccc(C(=O)OC)c3C)c2C)C1=O. The largest absolute Gasteiger partial charge is 0.465 e. The number of aryl methyl sites for hydroxylation is 1. The first-order valence-corrected chi connectivity index (χ1v) is 9.67. The Morgan fingerprint density at radius 3 is 2.66 bits per heavy atom. The number of carbonyl (C=O) groups excluding carboxylic acids is 3. The van der Waals surface area contributed by atoms with E-state index in [1.54, 1.807) is 18.2 Å². The van der Waals surface area contributed by atoms with Gasteiger partial charge < -0.3 is 9.30 Å². The number of aromatic nitrogens is 1. The molecule has 0 N–H and O–H groups in total. The molecule has 6 nitrogen and oxygen atoms in total. The number of thioether (sulfide) groups is 1. The van der Waals surface area contributed by atoms with Crippen LogP contribution < -0.4 is 0 Å². The van der Waals surface area contributed by atoms with Gasteiger partial charge in [0, 0.05) is 17.1 Å². The van der Waals surface area contributed by atoms with Crippen LogP contribution >= 0.6 is 11.8 Å². The van der Waals surface area contributed by atoms with Crippen LogP contribution in [0.5, 0.6) is 0 Å². The number of hydrogen-bond acceptors (Lipinski definition) is 5. The molecule has 1 aromatic heterocycles. The van der Waals surface area contributed by atoms with Crippen molar-refractivity contribution < 1.29 is 19.1 Å². The van der Waals surface area contributed by atoms with Gasteiger partial charge in [-0.1, -0.05) is 12.0 Å². The molecule has 1 aliphatic rings. The molecular weight excluding hydrogens is 388 g/mol. The van der Waals surface area contributed by atoms with Crippen LogP contribution in [0.1, 0.15) is 32.9 Å². The molecule has 1 fully saturated rings. The molecule has 0 spiro atoms. The number of benzene rings is 1. The highest BCUT2D eigenvalue weighted by atomic mass is 32.2. The molecule has 1 aromatic carbocycles. The molecule has 7 heteroatoms. The van der Waals surface area contributed by atoms with Crippen molar-refractivity contribution in [2.24, 2.45) is 0 Å². The zero-order chi connectivity index (χ0) is 21.3. The van der Waals surface area contributed by atoms with Crippen molar-refractivity contribution in [2.75, 3.05) is 13.7 Å². The molecule has 0 atom stereocenters. The molecule has 3 rings (SSSR count). The lowest BCUT2D eigenvalue weighted by Crippen LogP contribution is -2.28. The van der Waals surface area contributed by atoms with Gasteiger partial charge in [0.2, 0.25) is 0 Å². The van der Waals surface area contributed by atoms with Crippen LogP contribution in [0.4, 0.5) is 4.79 Å². The van der Waals surface area contributed by atoms with E-state index in [0.717, 1.165) is 44.9 Å². The summed E-state index contributed by atoms with van der Waals surface area (Å²) in [6, 6.07) is 7.39. The lowest BCUT2D eigenvalue weighted by atomic mass is 10.1. The normalized spacial score (nSPS) is 15.1. The van der Waals surface area contributed by atoms with Gasteiger partial charge in [-0.15, -0.1) is 6.42 Å². The first-order chi connectivity index (χ1) is 13.8. The van der Waals surface area contributed by atoms with Crippen molar-refractivity contribution in [3.05, 3.63) is 57.2 Å². The number of esters is 1. The monoisotopic (exact) mass is 408 g/mol. The third-order valence-electron chi connectivity index (χ3n) is 4.83. The fourth-order valence-corrected chi connectivity index (χ4v) is 4.20. The number of terminal acetylenes is 1. The average Bonchev–Trinajstić information content (AvgIpc) is 3.11. The second kappa shape index (κ2) is 8.02. The first kappa shape index (κ1) is 20.5. The van der Waals surface area contributed by atoms with Crippen LogP contribution in [0.25, 0.3) is 11.8 Å². The van der Waals surface area contributed by atoms with E-state index in [1.807, 2.05) is 37.5 Å². The Labute approximate surface area is 173 Å². The van der Waals surface area contributed by atoms with Crippen molar-refractivity contribution in [1.29, 1.82) is 0 Å². The number of rotatable bonds is 4. The van der Waals surface area contributed by atoms with E-state index in [4.69, 9.17) is 11.2 Å². The molecule has 2 amide bonds. The molecule has 0 bridgehead atoms. The van der Waals surface area contributed by atoms with E-state index in [-0.39, 0.29) is 17.7 Å². The number of imide groups is 1. The Hall–Kier alpha value is -3.24. The minimum Gasteiger partial charge on any atom is -0.465 e. The third kappa shape index (κ3) is 3.59. The number of ether oxygens (including phenoxy) is 1. The summed E-state index contributed by atoms with van der Waals surface area (Å²) >= 11 is 0.881. The van der Waals surface area contributed by atoms with Gasteiger partial charge in [0.25, 0.3) is 11.1 Å². The molecule has 1 saturated heterocycles. The van der Waals surface area contributed by atoms with Crippen molar-refractivity contribution in [1.82, 2.24) is 9.47 Å². The summed E-state index contributed by atoms with van der Waals surface area (Å²) in [4.78, 5) is 37.9. The number of hydrogen-bond donors (Lipinski definition) is 0. The maximum atomic E-state index is 12.5. The Kier molecular flexibility index (Phi) is 5.66. The van der Waals surface area contributed by atoms with Crippen molar-refractivity contribution >= 4 is 35.0 Å². The quantitative estimate of drug-likeness (QED) is 0.437. The fraction of sp³-hybridized carbons (Fsp3) is 0.227. The van der Waals surface area contributed by atoms with Crippen LogP contribution in [-0.2, 0) is 9.53 Å². The second-order valence-corrected chi connectivity index (χ2v) is 7.57. The van der Waals surface area contributed by atoms with Gasteiger partial charge in [0.05, 0.1) is 24.1 Å². The number of methoxy groups -OCH3 is 1. The molecule has 0 saturated carbocycles. The Morgan fingerprint density at radius 2 is 2.00 bits per heavy atom. The van der Waals surface area contributed by atoms with E-state index in [9.17, 15) is 14.4 Å². The van der Waals surface area contributed by atoms with Crippen LogP contribution in [0, 0.1) is 33.1 Å². The van der Waals surface area contributed by atoms with Crippen LogP contribution in [-0.4, -0.2) is 40.2 Å². The van der Waals surface area contributed by atoms with Crippen molar-refractivity contribution in [3.63, 3.8) is 0 Å². The molecule has 1 aliphatic heterocycles. The summed E-state index contributed by atoms with van der Waals surface area (Å²) in [5, 5.41) is -0.366. The van der Waals surface area contributed by atoms with E-state index < -0.39 is 5.97 Å². The maximum absolute atomic E-state index is 12.5. The zero-order valence-electron chi connectivity index (χ0n) is 16.6. The second-order valence-electron chi connectivity index (χ2n) is 6.58. The van der Waals surface area contributed by atoms with E-state index in [2.05, 4.69) is 5.92 Å². The van der Waals surface area contributed by atoms with E-state index in [0.29, 0.717) is 10.5 Å². The summed E-state index contributed by atoms with van der Waals surface area (Å²) in [5.41, 5.74) is 4.77. The Morgan fingerprint density at radius 1 is 1.28 bits per heavy atom. The maximum Gasteiger partial charge on any atom is 0.338 e. The summed E-state index contributed by atoms with van der Waals surface area (Å²) in [6.07, 6.45) is 6.95. The van der Waals surface area contributed by atoms with E-state index in [1.165, 1.54) is 7.11 Å². The van der Waals surface area contributed by atoms with Gasteiger partial charge in [-0.25, -0.2) is 4.79 Å². The Bertz CT molecular complexity index is 1100. The van der Waals surface area contributed by atoms with Crippen LogP contribution in [0.3, 0.4) is 0 Å². The highest BCUT2D eigenvalue weighted by molar-refractivity contribution is 8.18. The molecule has 0 unspecified atom stereocenters. The Balaban J connectivity index is 2.06. The summed E-state index contributed by atoms with van der Waals surface area (Å²) in [6.45, 7) is 5.69. The van der Waals surface area contributed by atoms with Crippen molar-refractivity contribution in [3.8, 4) is 18.0 Å². The van der Waals surface area contributed by atoms with Gasteiger partial charge in [-0.2, -0.15) is 0 Å². The highest BCUT2D eigenvalue weighted by Gasteiger charge is 2.34. The number of carbonyl (C=O) groups is 3. The van der Waals surface area contributed by atoms with Crippen LogP contribution in [0.2, 0.25) is 0 Å². The molecular formula is C22H20N2O4S. The van der Waals surface area contributed by atoms with Gasteiger partial charge in [-0.05, 0) is 67.9 Å². The van der Waals surface area contributed by atoms with Gasteiger partial charge in [-0.3, -0.25) is 14.5 Å². The standard InChI is InChI=1S/C22H20N2O4S/c1-6-10-23-20(25)19(29-22(23)27)12-16-11-13(2)24(15(16)4)18-9-7-8-17(14(18)3)21(26)28-5/h1,7-9,11-12H,10H2,2-5H3. The number of nitrogens with zero attached hydrogens (tertiary/aromatic N) is 2. The first-order valence-electron chi connectivity index (χ1n) is 8.86. The third-order valence-corrected chi connectivity index (χ3v) is 5.74. The molecule has 2 heterocycles. The van der Waals surface area contributed by atoms with Gasteiger partial charge in [0.15, 0.2) is 0 Å². The average molecular weight is 408 g/mol. The smallest absolute Gasteiger partial charge is 0.338 e. The molecule has 29 heavy (non-hydrogen) atoms. The summed E-state index contributed by atoms with van der Waals surface area (Å²) < 4.78 is 6.88. The highest BCUT2D eigenvalue weighted by Crippen LogP contribution is 2.34. The molecule has 2 aromatic rings. The molecule has 0 radical (unpaired) electrons. The topological polar surface area (TPSA) is 68.6 Å². The minimum atomic E-state index is -0.394. The lowest BCUT2D eigenvalue weighted by Gasteiger charge is -2.15. The fourth-order valence-electron chi connectivity index (χ4n) is 3.37. The number of amides is 2. The van der Waals surface area contributed by atoms with Crippen molar-refractivity contribution in [2.45, 2.75) is 20.8 Å². The zero-order valence-corrected chi connectivity index (χ0v) is 17.4. The summed E-state index contributed by atoms with van der Waals surface area (Å²) in [5.74, 6) is 1.55. The predicted molar refractivity (Wildman–Crippen MR) is 113 cm³/mol. The van der Waals surface area contributed by atoms with Crippen LogP contribution in [0.15, 0.2) is 29.2 Å². The molecule has 148 valence electrons.